The number of nitrogens with zero attached hydrogens (tertiary/aromatic N) is 3. The summed E-state index contributed by atoms with van der Waals surface area (Å²) in [7, 11) is 0.379. The molecule has 0 spiro atoms. The molecule has 3 aromatic carbocycles. The SMILES string of the molecule is COc1ccc2[nH]c(-c3c(C)nn(C)c3C)c(/C=C3\Oc4ccc(NC(=O)Nc5ccc(C(=O)N6CCS(=O)(=O)CC6)cc5)cc4C3=O)c2c1. The quantitative estimate of drug-likeness (QED) is 0.201. The normalized spacial score (nSPS) is 16.0. The molecule has 1 saturated heterocycles. The Morgan fingerprint density at radius 2 is 1.68 bits per heavy atom. The van der Waals surface area contributed by atoms with Crippen molar-refractivity contribution in [3.05, 3.63) is 94.5 Å². The number of urea groups is 1. The minimum Gasteiger partial charge on any atom is -0.497 e. The molecule has 2 aliphatic rings. The van der Waals surface area contributed by atoms with Gasteiger partial charge in [-0.3, -0.25) is 14.3 Å². The number of ether oxygens (including phenoxy) is 2. The summed E-state index contributed by atoms with van der Waals surface area (Å²) in [6.07, 6.45) is 1.73. The van der Waals surface area contributed by atoms with Crippen LogP contribution in [-0.2, 0) is 16.9 Å². The first-order valence-corrected chi connectivity index (χ1v) is 17.7. The number of ketones is 1. The number of amides is 3. The number of benzene rings is 3. The Balaban J connectivity index is 1.08. The van der Waals surface area contributed by atoms with E-state index in [1.807, 2.05) is 43.8 Å². The molecular formula is C36H34N6O7S. The van der Waals surface area contributed by atoms with Crippen LogP contribution in [0.5, 0.6) is 11.5 Å². The summed E-state index contributed by atoms with van der Waals surface area (Å²) < 4.78 is 36.7. The number of nitrogens with one attached hydrogen (secondary N) is 3. The van der Waals surface area contributed by atoms with Crippen LogP contribution in [0.2, 0.25) is 0 Å². The number of aromatic nitrogens is 3. The molecule has 1 fully saturated rings. The number of fused-ring (bicyclic) bond motifs is 2. The number of carbonyl (C=O) groups is 3. The van der Waals surface area contributed by atoms with E-state index in [1.165, 1.54) is 4.90 Å². The minimum atomic E-state index is -3.10. The maximum absolute atomic E-state index is 13.7. The van der Waals surface area contributed by atoms with Gasteiger partial charge in [0.1, 0.15) is 11.5 Å². The Kier molecular flexibility index (Phi) is 8.18. The Hall–Kier alpha value is -5.89. The van der Waals surface area contributed by atoms with Crippen LogP contribution in [0.4, 0.5) is 16.2 Å². The molecule has 0 unspecified atom stereocenters. The Morgan fingerprint density at radius 3 is 2.36 bits per heavy atom. The third-order valence-corrected chi connectivity index (χ3v) is 10.6. The molecule has 5 aromatic rings. The lowest BCUT2D eigenvalue weighted by molar-refractivity contribution is 0.0770. The molecular weight excluding hydrogens is 660 g/mol. The van der Waals surface area contributed by atoms with Crippen LogP contribution in [0.3, 0.4) is 0 Å². The second kappa shape index (κ2) is 12.5. The molecule has 2 aromatic heterocycles. The summed E-state index contributed by atoms with van der Waals surface area (Å²) >= 11 is 0. The van der Waals surface area contributed by atoms with Crippen molar-refractivity contribution in [2.24, 2.45) is 7.05 Å². The second-order valence-corrected chi connectivity index (χ2v) is 14.5. The molecule has 4 heterocycles. The van der Waals surface area contributed by atoms with Gasteiger partial charge in [0, 0.05) is 64.8 Å². The lowest BCUT2D eigenvalue weighted by Crippen LogP contribution is -2.43. The predicted octanol–water partition coefficient (Wildman–Crippen LogP) is 5.32. The van der Waals surface area contributed by atoms with Crippen molar-refractivity contribution in [1.29, 1.82) is 0 Å². The number of carbonyl (C=O) groups excluding carboxylic acids is 3. The average Bonchev–Trinajstić information content (AvgIpc) is 3.69. The van der Waals surface area contributed by atoms with Gasteiger partial charge in [-0.2, -0.15) is 5.10 Å². The van der Waals surface area contributed by atoms with E-state index in [-0.39, 0.29) is 42.0 Å². The molecule has 2 aliphatic heterocycles. The van der Waals surface area contributed by atoms with Gasteiger partial charge in [-0.25, -0.2) is 13.2 Å². The van der Waals surface area contributed by atoms with E-state index in [0.29, 0.717) is 34.0 Å². The van der Waals surface area contributed by atoms with Crippen LogP contribution >= 0.6 is 0 Å². The molecule has 13 nitrogen and oxygen atoms in total. The third-order valence-electron chi connectivity index (χ3n) is 9.03. The maximum atomic E-state index is 13.7. The minimum absolute atomic E-state index is 0.0527. The van der Waals surface area contributed by atoms with Gasteiger partial charge >= 0.3 is 6.03 Å². The summed E-state index contributed by atoms with van der Waals surface area (Å²) in [6.45, 7) is 4.23. The smallest absolute Gasteiger partial charge is 0.323 e. The Labute approximate surface area is 287 Å². The Bertz CT molecular complexity index is 2340. The summed E-state index contributed by atoms with van der Waals surface area (Å²) in [5.74, 6) is 0.458. The highest BCUT2D eigenvalue weighted by Crippen LogP contribution is 2.39. The fourth-order valence-electron chi connectivity index (χ4n) is 6.29. The van der Waals surface area contributed by atoms with Gasteiger partial charge < -0.3 is 30.0 Å². The van der Waals surface area contributed by atoms with Gasteiger partial charge in [0.2, 0.25) is 5.78 Å². The van der Waals surface area contributed by atoms with E-state index in [2.05, 4.69) is 20.7 Å². The van der Waals surface area contributed by atoms with Crippen LogP contribution in [-0.4, -0.2) is 77.5 Å². The molecule has 0 saturated carbocycles. The number of rotatable bonds is 6. The summed E-state index contributed by atoms with van der Waals surface area (Å²) in [5, 5.41) is 10.9. The van der Waals surface area contributed by atoms with Crippen molar-refractivity contribution in [3.8, 4) is 22.8 Å². The van der Waals surface area contributed by atoms with Crippen molar-refractivity contribution < 1.29 is 32.3 Å². The van der Waals surface area contributed by atoms with E-state index in [4.69, 9.17) is 9.47 Å². The van der Waals surface area contributed by atoms with Gasteiger partial charge in [-0.05, 0) is 80.6 Å². The number of anilines is 2. The number of aryl methyl sites for hydroxylation is 2. The first-order chi connectivity index (χ1) is 23.9. The van der Waals surface area contributed by atoms with E-state index in [0.717, 1.165) is 39.1 Å². The number of Topliss-reactive ketones (excluding diaryl/α,β-unsaturated/α-hetero) is 1. The van der Waals surface area contributed by atoms with Crippen molar-refractivity contribution >= 4 is 55.9 Å². The van der Waals surface area contributed by atoms with Crippen LogP contribution in [0.1, 0.15) is 37.7 Å². The molecule has 0 bridgehead atoms. The molecule has 0 atom stereocenters. The van der Waals surface area contributed by atoms with Gasteiger partial charge in [-0.1, -0.05) is 0 Å². The maximum Gasteiger partial charge on any atom is 0.323 e. The standard InChI is InChI=1S/C36H34N6O7S/c1-20-32(21(2)41(3)40-20)33-27(26-18-25(48-4)10-11-29(26)39-33)19-31-34(43)28-17-24(9-12-30(28)49-31)38-36(45)37-23-7-5-22(6-8-23)35(44)42-13-15-50(46,47)16-14-42/h5-12,17-19,39H,13-16H2,1-4H3,(H2,37,38,45)/b31-19-. The molecule has 14 heteroatoms. The summed E-state index contributed by atoms with van der Waals surface area (Å²) in [5.41, 5.74) is 6.64. The zero-order valence-electron chi connectivity index (χ0n) is 27.8. The van der Waals surface area contributed by atoms with Crippen LogP contribution in [0, 0.1) is 13.8 Å². The zero-order chi connectivity index (χ0) is 35.3. The molecule has 0 aliphatic carbocycles. The number of hydrogen-bond donors (Lipinski definition) is 3. The van der Waals surface area contributed by atoms with Crippen molar-refractivity contribution in [2.45, 2.75) is 13.8 Å². The van der Waals surface area contributed by atoms with Crippen LogP contribution in [0.25, 0.3) is 28.2 Å². The number of methoxy groups -OCH3 is 1. The number of hydrogen-bond acceptors (Lipinski definition) is 8. The second-order valence-electron chi connectivity index (χ2n) is 12.2. The van der Waals surface area contributed by atoms with E-state index < -0.39 is 15.9 Å². The van der Waals surface area contributed by atoms with Crippen molar-refractivity contribution in [1.82, 2.24) is 19.7 Å². The molecule has 50 heavy (non-hydrogen) atoms. The number of H-pyrrole nitrogens is 1. The fourth-order valence-corrected chi connectivity index (χ4v) is 7.49. The topological polar surface area (TPSA) is 165 Å². The van der Waals surface area contributed by atoms with E-state index in [9.17, 15) is 22.8 Å². The number of sulfone groups is 1. The molecule has 0 radical (unpaired) electrons. The van der Waals surface area contributed by atoms with Crippen LogP contribution < -0.4 is 20.1 Å². The first kappa shape index (κ1) is 32.6. The summed E-state index contributed by atoms with van der Waals surface area (Å²) in [6, 6.07) is 16.3. The highest BCUT2D eigenvalue weighted by atomic mass is 32.2. The molecule has 3 N–H and O–H groups in total. The van der Waals surface area contributed by atoms with Gasteiger partial charge in [0.25, 0.3) is 5.91 Å². The first-order valence-electron chi connectivity index (χ1n) is 15.9. The summed E-state index contributed by atoms with van der Waals surface area (Å²) in [4.78, 5) is 44.4. The van der Waals surface area contributed by atoms with Gasteiger partial charge in [0.15, 0.2) is 15.6 Å². The van der Waals surface area contributed by atoms with E-state index >= 15 is 0 Å². The highest BCUT2D eigenvalue weighted by molar-refractivity contribution is 7.91. The molecule has 7 rings (SSSR count). The van der Waals surface area contributed by atoms with Crippen molar-refractivity contribution in [3.63, 3.8) is 0 Å². The largest absolute Gasteiger partial charge is 0.497 e. The molecule has 3 amide bonds. The number of allylic oxidation sites excluding steroid dienone is 1. The predicted molar refractivity (Wildman–Crippen MR) is 190 cm³/mol. The Morgan fingerprint density at radius 1 is 0.980 bits per heavy atom. The van der Waals surface area contributed by atoms with Crippen molar-refractivity contribution in [2.75, 3.05) is 42.3 Å². The van der Waals surface area contributed by atoms with Gasteiger partial charge in [0.05, 0.1) is 35.6 Å². The zero-order valence-corrected chi connectivity index (χ0v) is 28.6. The lowest BCUT2D eigenvalue weighted by Gasteiger charge is -2.26. The fraction of sp³-hybridized carbons (Fsp3) is 0.222. The average molecular weight is 695 g/mol. The monoisotopic (exact) mass is 694 g/mol. The van der Waals surface area contributed by atoms with Crippen LogP contribution in [0.15, 0.2) is 66.4 Å². The lowest BCUT2D eigenvalue weighted by atomic mass is 10.0. The van der Waals surface area contributed by atoms with E-state index in [1.54, 1.807) is 55.7 Å². The van der Waals surface area contributed by atoms with Gasteiger partial charge in [-0.15, -0.1) is 0 Å². The number of aromatic amines is 1. The molecule has 256 valence electrons. The third kappa shape index (κ3) is 6.09. The highest BCUT2D eigenvalue weighted by Gasteiger charge is 2.30.